The molecule has 0 atom stereocenters. The van der Waals surface area contributed by atoms with E-state index in [1.54, 1.807) is 6.20 Å². The summed E-state index contributed by atoms with van der Waals surface area (Å²) in [6.07, 6.45) is 1.75. The lowest BCUT2D eigenvalue weighted by Gasteiger charge is -2.18. The zero-order valence-electron chi connectivity index (χ0n) is 25.3. The van der Waals surface area contributed by atoms with Crippen LogP contribution in [0.3, 0.4) is 0 Å². The highest BCUT2D eigenvalue weighted by atomic mass is 16.3. The van der Waals surface area contributed by atoms with Crippen molar-refractivity contribution >= 4 is 32.8 Å². The summed E-state index contributed by atoms with van der Waals surface area (Å²) in [6.45, 7) is 0. The maximum atomic E-state index is 6.13. The van der Waals surface area contributed by atoms with Crippen LogP contribution in [0.2, 0.25) is 0 Å². The van der Waals surface area contributed by atoms with Crippen molar-refractivity contribution in [2.45, 2.75) is 0 Å². The molecule has 3 heterocycles. The molecule has 0 fully saturated rings. The van der Waals surface area contributed by atoms with Crippen LogP contribution >= 0.6 is 0 Å². The number of hydrogen-bond acceptors (Lipinski definition) is 4. The Morgan fingerprint density at radius 3 is 2.06 bits per heavy atom. The number of fused-ring (bicyclic) bond motifs is 3. The number of benzene rings is 6. The molecule has 4 heteroatoms. The molecular weight excluding hydrogens is 574 g/mol. The van der Waals surface area contributed by atoms with Crippen molar-refractivity contribution in [2.24, 2.45) is 0 Å². The number of hydrogen-bond donors (Lipinski definition) is 0. The lowest BCUT2D eigenvalue weighted by atomic mass is 9.87. The number of para-hydroxylation sites is 1. The number of pyridine rings is 2. The van der Waals surface area contributed by atoms with Crippen molar-refractivity contribution < 1.29 is 4.42 Å². The van der Waals surface area contributed by atoms with Gasteiger partial charge in [-0.05, 0) is 80.6 Å². The minimum absolute atomic E-state index is 0.512. The molecule has 3 aromatic heterocycles. The van der Waals surface area contributed by atoms with E-state index in [-0.39, 0.29) is 0 Å². The van der Waals surface area contributed by atoms with Crippen LogP contribution in [0.15, 0.2) is 168 Å². The third kappa shape index (κ3) is 4.75. The van der Waals surface area contributed by atoms with Gasteiger partial charge >= 0.3 is 0 Å². The highest BCUT2D eigenvalue weighted by Gasteiger charge is 2.19. The molecule has 0 spiro atoms. The molecule has 0 unspecified atom stereocenters. The van der Waals surface area contributed by atoms with Crippen LogP contribution in [-0.4, -0.2) is 15.0 Å². The summed E-state index contributed by atoms with van der Waals surface area (Å²) in [7, 11) is 0. The SMILES string of the molecule is c1ccc(-c2cc(-c3ccccc3-c3ccc4ccccc4c3-c3ccc4oc(-c5ccccn5)nc4c3)nc3ccccc23)cc1. The molecule has 220 valence electrons. The topological polar surface area (TPSA) is 51.8 Å². The van der Waals surface area contributed by atoms with Gasteiger partial charge in [0.25, 0.3) is 0 Å². The van der Waals surface area contributed by atoms with Gasteiger partial charge in [0.05, 0.1) is 11.2 Å². The Hall–Kier alpha value is -6.39. The molecule has 4 nitrogen and oxygen atoms in total. The quantitative estimate of drug-likeness (QED) is 0.197. The molecule has 0 aliphatic heterocycles. The zero-order valence-corrected chi connectivity index (χ0v) is 25.3. The number of aromatic nitrogens is 3. The first-order valence-corrected chi connectivity index (χ1v) is 15.7. The van der Waals surface area contributed by atoms with Crippen molar-refractivity contribution in [3.05, 3.63) is 164 Å². The van der Waals surface area contributed by atoms with E-state index in [9.17, 15) is 0 Å². The predicted octanol–water partition coefficient (Wildman–Crippen LogP) is 11.3. The van der Waals surface area contributed by atoms with Crippen molar-refractivity contribution in [1.29, 1.82) is 0 Å². The predicted molar refractivity (Wildman–Crippen MR) is 192 cm³/mol. The van der Waals surface area contributed by atoms with E-state index < -0.39 is 0 Å². The Kier molecular flexibility index (Phi) is 6.43. The van der Waals surface area contributed by atoms with Crippen molar-refractivity contribution in [1.82, 2.24) is 15.0 Å². The molecule has 0 amide bonds. The van der Waals surface area contributed by atoms with Crippen LogP contribution in [0.4, 0.5) is 0 Å². The van der Waals surface area contributed by atoms with Crippen molar-refractivity contribution in [3.8, 4) is 56.2 Å². The molecule has 0 saturated heterocycles. The van der Waals surface area contributed by atoms with Gasteiger partial charge in [0.15, 0.2) is 5.58 Å². The largest absolute Gasteiger partial charge is 0.435 e. The van der Waals surface area contributed by atoms with Crippen LogP contribution in [0.5, 0.6) is 0 Å². The first kappa shape index (κ1) is 27.0. The first-order chi connectivity index (χ1) is 23.3. The van der Waals surface area contributed by atoms with Gasteiger partial charge in [0, 0.05) is 17.1 Å². The second kappa shape index (κ2) is 11.2. The second-order valence-corrected chi connectivity index (χ2v) is 11.6. The van der Waals surface area contributed by atoms with Gasteiger partial charge in [0.2, 0.25) is 5.89 Å². The monoisotopic (exact) mass is 601 g/mol. The third-order valence-electron chi connectivity index (χ3n) is 8.78. The molecule has 0 N–H and O–H groups in total. The van der Waals surface area contributed by atoms with Crippen LogP contribution in [0, 0.1) is 0 Å². The number of oxazole rings is 1. The van der Waals surface area contributed by atoms with E-state index in [2.05, 4.69) is 138 Å². The molecule has 6 aromatic carbocycles. The van der Waals surface area contributed by atoms with Gasteiger partial charge in [-0.25, -0.2) is 9.97 Å². The number of rotatable bonds is 5. The molecule has 0 aliphatic carbocycles. The average Bonchev–Trinajstić information content (AvgIpc) is 3.58. The van der Waals surface area contributed by atoms with E-state index in [0.29, 0.717) is 11.6 Å². The van der Waals surface area contributed by atoms with Crippen molar-refractivity contribution in [3.63, 3.8) is 0 Å². The van der Waals surface area contributed by atoms with E-state index in [0.717, 1.165) is 55.5 Å². The summed E-state index contributed by atoms with van der Waals surface area (Å²) in [5, 5.41) is 3.48. The summed E-state index contributed by atoms with van der Waals surface area (Å²) >= 11 is 0. The Bertz CT molecular complexity index is 2570. The van der Waals surface area contributed by atoms with Gasteiger partial charge in [0.1, 0.15) is 11.2 Å². The summed E-state index contributed by atoms with van der Waals surface area (Å²) in [5.74, 6) is 0.512. The van der Waals surface area contributed by atoms with E-state index in [1.807, 2.05) is 24.3 Å². The van der Waals surface area contributed by atoms with E-state index in [4.69, 9.17) is 14.4 Å². The van der Waals surface area contributed by atoms with E-state index >= 15 is 0 Å². The van der Waals surface area contributed by atoms with Gasteiger partial charge < -0.3 is 4.42 Å². The van der Waals surface area contributed by atoms with Gasteiger partial charge in [-0.1, -0.05) is 121 Å². The lowest BCUT2D eigenvalue weighted by Crippen LogP contribution is -1.94. The molecular formula is C43H27N3O. The van der Waals surface area contributed by atoms with Crippen LogP contribution in [0.1, 0.15) is 0 Å². The molecule has 0 bridgehead atoms. The summed E-state index contributed by atoms with van der Waals surface area (Å²) in [6, 6.07) is 54.8. The Balaban J connectivity index is 1.27. The fourth-order valence-corrected chi connectivity index (χ4v) is 6.60. The number of nitrogens with zero attached hydrogens (tertiary/aromatic N) is 3. The Morgan fingerprint density at radius 2 is 1.19 bits per heavy atom. The molecule has 0 aliphatic rings. The van der Waals surface area contributed by atoms with Crippen LogP contribution in [0.25, 0.3) is 89.0 Å². The molecule has 0 radical (unpaired) electrons. The average molecular weight is 602 g/mol. The Labute approximate surface area is 271 Å². The maximum Gasteiger partial charge on any atom is 0.246 e. The third-order valence-corrected chi connectivity index (χ3v) is 8.78. The van der Waals surface area contributed by atoms with Gasteiger partial charge in [-0.15, -0.1) is 0 Å². The van der Waals surface area contributed by atoms with Crippen LogP contribution in [-0.2, 0) is 0 Å². The second-order valence-electron chi connectivity index (χ2n) is 11.6. The van der Waals surface area contributed by atoms with Crippen molar-refractivity contribution in [2.75, 3.05) is 0 Å². The summed E-state index contributed by atoms with van der Waals surface area (Å²) < 4.78 is 6.13. The highest BCUT2D eigenvalue weighted by molar-refractivity contribution is 6.07. The van der Waals surface area contributed by atoms with Gasteiger partial charge in [-0.2, -0.15) is 0 Å². The summed E-state index contributed by atoms with van der Waals surface area (Å²) in [5.41, 5.74) is 12.0. The maximum absolute atomic E-state index is 6.13. The molecule has 47 heavy (non-hydrogen) atoms. The lowest BCUT2D eigenvalue weighted by molar-refractivity contribution is 0.617. The molecule has 9 aromatic rings. The fourth-order valence-electron chi connectivity index (χ4n) is 6.60. The van der Waals surface area contributed by atoms with E-state index in [1.165, 1.54) is 21.9 Å². The minimum atomic E-state index is 0.512. The Morgan fingerprint density at radius 1 is 0.426 bits per heavy atom. The smallest absolute Gasteiger partial charge is 0.246 e. The molecule has 9 rings (SSSR count). The highest BCUT2D eigenvalue weighted by Crippen LogP contribution is 2.43. The fraction of sp³-hybridized carbons (Fsp3) is 0. The standard InChI is InChI=1S/C43H27N3O/c1-2-12-28(13-3-1)36-27-39(45-37-19-9-8-18-34(36)37)33-17-7-6-16-32(33)35-23-21-29-14-4-5-15-31(29)42(35)30-22-24-41-40(26-30)46-43(47-41)38-20-10-11-25-44-38/h1-27H. The zero-order chi connectivity index (χ0) is 31.2. The normalized spacial score (nSPS) is 11.4. The summed E-state index contributed by atoms with van der Waals surface area (Å²) in [4.78, 5) is 14.5. The first-order valence-electron chi connectivity index (χ1n) is 15.7. The minimum Gasteiger partial charge on any atom is -0.435 e. The molecule has 0 saturated carbocycles. The van der Waals surface area contributed by atoms with Crippen LogP contribution < -0.4 is 0 Å². The van der Waals surface area contributed by atoms with Gasteiger partial charge in [-0.3, -0.25) is 4.98 Å².